The highest BCUT2D eigenvalue weighted by Gasteiger charge is 2.12. The zero-order chi connectivity index (χ0) is 20.1. The van der Waals surface area contributed by atoms with Gasteiger partial charge in [-0.3, -0.25) is 4.79 Å². The number of thiazole rings is 1. The Kier molecular flexibility index (Phi) is 6.16. The Hall–Kier alpha value is -3.06. The third-order valence-corrected chi connectivity index (χ3v) is 5.23. The molecule has 7 heteroatoms. The molecule has 3 rings (SSSR count). The highest BCUT2D eigenvalue weighted by molar-refractivity contribution is 7.13. The Labute approximate surface area is 168 Å². The number of methoxy groups -OCH3 is 2. The second kappa shape index (κ2) is 8.75. The number of hydrogen-bond acceptors (Lipinski definition) is 6. The highest BCUT2D eigenvalue weighted by Crippen LogP contribution is 2.32. The molecule has 0 aliphatic heterocycles. The number of ether oxygens (including phenoxy) is 2. The first-order valence-corrected chi connectivity index (χ1v) is 9.67. The van der Waals surface area contributed by atoms with E-state index >= 15 is 0 Å². The standard InChI is InChI=1S/C21H23N3O3S/c1-13-6-5-7-17(14(13)2)23-20(25)10-15-12-28-21(22-15)24-18-11-16(26-3)8-9-19(18)27-4/h5-9,11-12H,10H2,1-4H3,(H,22,24)(H,23,25). The molecule has 28 heavy (non-hydrogen) atoms. The van der Waals surface area contributed by atoms with Gasteiger partial charge in [-0.25, -0.2) is 4.98 Å². The molecular weight excluding hydrogens is 374 g/mol. The Morgan fingerprint density at radius 3 is 2.68 bits per heavy atom. The number of amides is 1. The van der Waals surface area contributed by atoms with E-state index in [1.807, 2.05) is 55.6 Å². The van der Waals surface area contributed by atoms with Gasteiger partial charge in [-0.15, -0.1) is 11.3 Å². The van der Waals surface area contributed by atoms with Crippen molar-refractivity contribution in [1.82, 2.24) is 4.98 Å². The second-order valence-corrected chi connectivity index (χ2v) is 7.17. The fourth-order valence-electron chi connectivity index (χ4n) is 2.72. The molecule has 0 aliphatic rings. The zero-order valence-corrected chi connectivity index (χ0v) is 17.1. The van der Waals surface area contributed by atoms with Crippen molar-refractivity contribution in [3.8, 4) is 11.5 Å². The summed E-state index contributed by atoms with van der Waals surface area (Å²) in [6.45, 7) is 4.02. The van der Waals surface area contributed by atoms with E-state index in [0.29, 0.717) is 22.3 Å². The predicted molar refractivity (Wildman–Crippen MR) is 113 cm³/mol. The summed E-state index contributed by atoms with van der Waals surface area (Å²) in [5.74, 6) is 1.31. The molecule has 0 saturated carbocycles. The molecule has 1 amide bonds. The van der Waals surface area contributed by atoms with E-state index in [4.69, 9.17) is 9.47 Å². The Bertz CT molecular complexity index is 985. The van der Waals surface area contributed by atoms with Crippen LogP contribution in [0, 0.1) is 13.8 Å². The molecule has 3 aromatic rings. The maximum atomic E-state index is 12.4. The number of carbonyl (C=O) groups is 1. The molecule has 1 heterocycles. The lowest BCUT2D eigenvalue weighted by molar-refractivity contribution is -0.115. The minimum atomic E-state index is -0.0930. The van der Waals surface area contributed by atoms with Gasteiger partial charge in [0.15, 0.2) is 5.13 Å². The van der Waals surface area contributed by atoms with E-state index < -0.39 is 0 Å². The molecular formula is C21H23N3O3S. The second-order valence-electron chi connectivity index (χ2n) is 6.31. The summed E-state index contributed by atoms with van der Waals surface area (Å²) in [4.78, 5) is 16.9. The van der Waals surface area contributed by atoms with Gasteiger partial charge in [-0.1, -0.05) is 12.1 Å². The minimum absolute atomic E-state index is 0.0930. The summed E-state index contributed by atoms with van der Waals surface area (Å²) in [6, 6.07) is 11.4. The molecule has 146 valence electrons. The number of nitrogens with one attached hydrogen (secondary N) is 2. The number of benzene rings is 2. The van der Waals surface area contributed by atoms with E-state index in [1.54, 1.807) is 14.2 Å². The maximum Gasteiger partial charge on any atom is 0.230 e. The number of aromatic nitrogens is 1. The number of aryl methyl sites for hydroxylation is 1. The van der Waals surface area contributed by atoms with Crippen LogP contribution in [0.2, 0.25) is 0 Å². The molecule has 0 unspecified atom stereocenters. The maximum absolute atomic E-state index is 12.4. The van der Waals surface area contributed by atoms with Crippen molar-refractivity contribution in [3.63, 3.8) is 0 Å². The van der Waals surface area contributed by atoms with E-state index in [0.717, 1.165) is 22.5 Å². The topological polar surface area (TPSA) is 72.5 Å². The molecule has 2 aromatic carbocycles. The molecule has 0 spiro atoms. The quantitative estimate of drug-likeness (QED) is 0.604. The van der Waals surface area contributed by atoms with Crippen LogP contribution in [0.4, 0.5) is 16.5 Å². The molecule has 0 bridgehead atoms. The van der Waals surface area contributed by atoms with Crippen molar-refractivity contribution in [2.75, 3.05) is 24.9 Å². The first kappa shape index (κ1) is 19.7. The normalized spacial score (nSPS) is 10.4. The lowest BCUT2D eigenvalue weighted by atomic mass is 10.1. The molecule has 2 N–H and O–H groups in total. The lowest BCUT2D eigenvalue weighted by Crippen LogP contribution is -2.15. The first-order chi connectivity index (χ1) is 13.5. The van der Waals surface area contributed by atoms with Crippen molar-refractivity contribution < 1.29 is 14.3 Å². The number of carbonyl (C=O) groups excluding carboxylic acids is 1. The summed E-state index contributed by atoms with van der Waals surface area (Å²) < 4.78 is 10.6. The number of hydrogen-bond donors (Lipinski definition) is 2. The average molecular weight is 398 g/mol. The average Bonchev–Trinajstić information content (AvgIpc) is 3.12. The fraction of sp³-hybridized carbons (Fsp3) is 0.238. The molecule has 0 saturated heterocycles. The van der Waals surface area contributed by atoms with Crippen LogP contribution in [-0.4, -0.2) is 25.1 Å². The van der Waals surface area contributed by atoms with Crippen molar-refractivity contribution in [3.05, 3.63) is 58.6 Å². The SMILES string of the molecule is COc1ccc(OC)c(Nc2nc(CC(=O)Nc3cccc(C)c3C)cs2)c1. The molecule has 0 radical (unpaired) electrons. The summed E-state index contributed by atoms with van der Waals surface area (Å²) in [6.07, 6.45) is 0.209. The Morgan fingerprint density at radius 1 is 1.11 bits per heavy atom. The number of rotatable bonds is 7. The van der Waals surface area contributed by atoms with Crippen molar-refractivity contribution in [1.29, 1.82) is 0 Å². The zero-order valence-electron chi connectivity index (χ0n) is 16.3. The fourth-order valence-corrected chi connectivity index (χ4v) is 3.44. The summed E-state index contributed by atoms with van der Waals surface area (Å²) in [5, 5.41) is 8.74. The van der Waals surface area contributed by atoms with E-state index in [1.165, 1.54) is 11.3 Å². The van der Waals surface area contributed by atoms with Gasteiger partial charge >= 0.3 is 0 Å². The summed E-state index contributed by atoms with van der Waals surface area (Å²) >= 11 is 1.43. The molecule has 0 atom stereocenters. The summed E-state index contributed by atoms with van der Waals surface area (Å²) in [5.41, 5.74) is 4.51. The molecule has 1 aromatic heterocycles. The molecule has 0 fully saturated rings. The van der Waals surface area contributed by atoms with Gasteiger partial charge in [0, 0.05) is 17.1 Å². The smallest absolute Gasteiger partial charge is 0.230 e. The molecule has 6 nitrogen and oxygen atoms in total. The predicted octanol–water partition coefficient (Wildman–Crippen LogP) is 4.70. The first-order valence-electron chi connectivity index (χ1n) is 8.79. The van der Waals surface area contributed by atoms with Crippen LogP contribution >= 0.6 is 11.3 Å². The van der Waals surface area contributed by atoms with Gasteiger partial charge in [0.05, 0.1) is 32.0 Å². The van der Waals surface area contributed by atoms with Crippen molar-refractivity contribution >= 4 is 33.8 Å². The van der Waals surface area contributed by atoms with Gasteiger partial charge in [-0.05, 0) is 43.2 Å². The van der Waals surface area contributed by atoms with Gasteiger partial charge in [0.2, 0.25) is 5.91 Å². The van der Waals surface area contributed by atoms with E-state index in [9.17, 15) is 4.79 Å². The lowest BCUT2D eigenvalue weighted by Gasteiger charge is -2.11. The number of nitrogens with zero attached hydrogens (tertiary/aromatic N) is 1. The van der Waals surface area contributed by atoms with Crippen molar-refractivity contribution in [2.45, 2.75) is 20.3 Å². The minimum Gasteiger partial charge on any atom is -0.497 e. The highest BCUT2D eigenvalue weighted by atomic mass is 32.1. The number of anilines is 3. The van der Waals surface area contributed by atoms with E-state index in [-0.39, 0.29) is 12.3 Å². The summed E-state index contributed by atoms with van der Waals surface area (Å²) in [7, 11) is 3.22. The third kappa shape index (κ3) is 4.61. The van der Waals surface area contributed by atoms with Gasteiger partial charge in [0.1, 0.15) is 11.5 Å². The Morgan fingerprint density at radius 2 is 1.93 bits per heavy atom. The molecule has 0 aliphatic carbocycles. The van der Waals surface area contributed by atoms with Gasteiger partial charge in [-0.2, -0.15) is 0 Å². The van der Waals surface area contributed by atoms with Crippen LogP contribution in [0.1, 0.15) is 16.8 Å². The van der Waals surface area contributed by atoms with Gasteiger partial charge < -0.3 is 20.1 Å². The van der Waals surface area contributed by atoms with Gasteiger partial charge in [0.25, 0.3) is 0 Å². The van der Waals surface area contributed by atoms with Crippen molar-refractivity contribution in [2.24, 2.45) is 0 Å². The Balaban J connectivity index is 1.67. The van der Waals surface area contributed by atoms with Crippen LogP contribution in [0.5, 0.6) is 11.5 Å². The van der Waals surface area contributed by atoms with E-state index in [2.05, 4.69) is 15.6 Å². The van der Waals surface area contributed by atoms with Crippen LogP contribution in [0.15, 0.2) is 41.8 Å². The van der Waals surface area contributed by atoms with Crippen LogP contribution in [0.3, 0.4) is 0 Å². The monoisotopic (exact) mass is 397 g/mol. The largest absolute Gasteiger partial charge is 0.497 e. The van der Waals surface area contributed by atoms with Crippen LogP contribution in [-0.2, 0) is 11.2 Å². The third-order valence-electron chi connectivity index (χ3n) is 4.42. The van der Waals surface area contributed by atoms with Crippen LogP contribution in [0.25, 0.3) is 0 Å². The van der Waals surface area contributed by atoms with Crippen LogP contribution < -0.4 is 20.1 Å².